The molecule has 1 aromatic heterocycles. The van der Waals surface area contributed by atoms with Gasteiger partial charge in [-0.25, -0.2) is 9.18 Å². The first-order chi connectivity index (χ1) is 16.2. The highest BCUT2D eigenvalue weighted by Gasteiger charge is 2.25. The highest BCUT2D eigenvalue weighted by Crippen LogP contribution is 2.36. The first kappa shape index (κ1) is 20.8. The molecule has 2 heterocycles. The number of hydrogen-bond acceptors (Lipinski definition) is 5. The summed E-state index contributed by atoms with van der Waals surface area (Å²) in [4.78, 5) is 16.7. The monoisotopic (exact) mass is 441 g/mol. The van der Waals surface area contributed by atoms with Gasteiger partial charge in [-0.1, -0.05) is 54.6 Å². The van der Waals surface area contributed by atoms with Gasteiger partial charge in [0.05, 0.1) is 12.1 Å². The van der Waals surface area contributed by atoms with Gasteiger partial charge >= 0.3 is 5.97 Å². The van der Waals surface area contributed by atoms with Crippen LogP contribution in [-0.2, 0) is 27.5 Å². The van der Waals surface area contributed by atoms with Crippen LogP contribution in [0.2, 0.25) is 0 Å². The second-order valence-corrected chi connectivity index (χ2v) is 7.59. The largest absolute Gasteiger partial charge is 0.460 e. The van der Waals surface area contributed by atoms with Gasteiger partial charge in [0.2, 0.25) is 6.29 Å². The second kappa shape index (κ2) is 9.22. The van der Waals surface area contributed by atoms with E-state index in [9.17, 15) is 9.18 Å². The van der Waals surface area contributed by atoms with Gasteiger partial charge in [-0.05, 0) is 24.3 Å². The Hall–Kier alpha value is -4.03. The van der Waals surface area contributed by atoms with Crippen molar-refractivity contribution in [1.82, 2.24) is 4.98 Å². The van der Waals surface area contributed by atoms with Crippen LogP contribution in [0.3, 0.4) is 0 Å². The molecule has 5 rings (SSSR count). The summed E-state index contributed by atoms with van der Waals surface area (Å²) in [6.45, 7) is 0.0696. The number of aromatic nitrogens is 1. The number of halogens is 1. The van der Waals surface area contributed by atoms with Crippen LogP contribution in [-0.4, -0.2) is 11.0 Å². The van der Waals surface area contributed by atoms with Crippen LogP contribution < -0.4 is 4.74 Å². The van der Waals surface area contributed by atoms with Crippen LogP contribution in [0.15, 0.2) is 85.1 Å². The zero-order chi connectivity index (χ0) is 22.6. The maximum absolute atomic E-state index is 14.1. The lowest BCUT2D eigenvalue weighted by molar-refractivity contribution is -0.139. The molecule has 0 saturated heterocycles. The van der Waals surface area contributed by atoms with Gasteiger partial charge in [-0.2, -0.15) is 0 Å². The van der Waals surface area contributed by atoms with Crippen LogP contribution >= 0.6 is 0 Å². The predicted molar refractivity (Wildman–Crippen MR) is 122 cm³/mol. The van der Waals surface area contributed by atoms with Crippen molar-refractivity contribution in [2.45, 2.75) is 19.5 Å². The number of esters is 1. The molecule has 164 valence electrons. The Morgan fingerprint density at radius 1 is 1.09 bits per heavy atom. The maximum atomic E-state index is 14.1. The van der Waals surface area contributed by atoms with Crippen molar-refractivity contribution < 1.29 is 23.4 Å². The third-order valence-corrected chi connectivity index (χ3v) is 5.33. The van der Waals surface area contributed by atoms with Crippen molar-refractivity contribution in [2.24, 2.45) is 0 Å². The summed E-state index contributed by atoms with van der Waals surface area (Å²) in [6, 6.07) is 21.7. The van der Waals surface area contributed by atoms with Gasteiger partial charge in [0.15, 0.2) is 0 Å². The zero-order valence-electron chi connectivity index (χ0n) is 17.6. The summed E-state index contributed by atoms with van der Waals surface area (Å²) in [5, 5.41) is 0.978. The summed E-state index contributed by atoms with van der Waals surface area (Å²) in [7, 11) is 0. The maximum Gasteiger partial charge on any atom is 0.331 e. The van der Waals surface area contributed by atoms with E-state index in [1.807, 2.05) is 60.7 Å². The summed E-state index contributed by atoms with van der Waals surface area (Å²) >= 11 is 0. The molecular formula is C27H20FNO4. The number of para-hydroxylation sites is 1. The normalized spacial score (nSPS) is 15.2. The van der Waals surface area contributed by atoms with Crippen LogP contribution in [0.4, 0.5) is 4.39 Å². The number of ether oxygens (including phenoxy) is 3. The highest BCUT2D eigenvalue weighted by atomic mass is 19.1. The van der Waals surface area contributed by atoms with Crippen molar-refractivity contribution in [3.63, 3.8) is 0 Å². The molecule has 0 N–H and O–H groups in total. The zero-order valence-corrected chi connectivity index (χ0v) is 17.6. The molecule has 33 heavy (non-hydrogen) atoms. The Balaban J connectivity index is 1.31. The minimum Gasteiger partial charge on any atom is -0.460 e. The molecule has 0 bridgehead atoms. The van der Waals surface area contributed by atoms with E-state index in [4.69, 9.17) is 14.2 Å². The molecule has 3 aromatic carbocycles. The molecule has 0 fully saturated rings. The van der Waals surface area contributed by atoms with Crippen LogP contribution in [0.25, 0.3) is 17.0 Å². The SMILES string of the molecule is O=C(/C=C\c1cccc2cccnc12)OCc1cc(F)cc2c1O[C@@H](c1ccccc1)OC2. The fourth-order valence-electron chi connectivity index (χ4n) is 3.78. The molecule has 4 aromatic rings. The van der Waals surface area contributed by atoms with Crippen LogP contribution in [0, 0.1) is 5.82 Å². The number of carbonyl (C=O) groups is 1. The Morgan fingerprint density at radius 2 is 1.94 bits per heavy atom. The lowest BCUT2D eigenvalue weighted by Gasteiger charge is -2.28. The molecule has 6 heteroatoms. The van der Waals surface area contributed by atoms with Crippen molar-refractivity contribution in [1.29, 1.82) is 0 Å². The Bertz CT molecular complexity index is 1330. The van der Waals surface area contributed by atoms with Crippen molar-refractivity contribution in [3.05, 3.63) is 113 Å². The highest BCUT2D eigenvalue weighted by molar-refractivity contribution is 5.92. The van der Waals surface area contributed by atoms with E-state index in [0.29, 0.717) is 16.9 Å². The average Bonchev–Trinajstić information content (AvgIpc) is 2.86. The molecule has 1 aliphatic rings. The molecule has 0 amide bonds. The molecule has 0 spiro atoms. The van der Waals surface area contributed by atoms with Gasteiger partial charge in [0, 0.05) is 39.9 Å². The first-order valence-electron chi connectivity index (χ1n) is 10.5. The summed E-state index contributed by atoms with van der Waals surface area (Å²) < 4.78 is 31.3. The molecule has 1 aliphatic heterocycles. The van der Waals surface area contributed by atoms with Gasteiger partial charge in [0.1, 0.15) is 18.2 Å². The average molecular weight is 441 g/mol. The number of benzene rings is 3. The van der Waals surface area contributed by atoms with E-state index in [0.717, 1.165) is 22.0 Å². The van der Waals surface area contributed by atoms with E-state index in [-0.39, 0.29) is 13.2 Å². The third kappa shape index (κ3) is 4.61. The predicted octanol–water partition coefficient (Wildman–Crippen LogP) is 5.74. The second-order valence-electron chi connectivity index (χ2n) is 7.59. The molecular weight excluding hydrogens is 421 g/mol. The van der Waals surface area contributed by atoms with Crippen LogP contribution in [0.1, 0.15) is 28.5 Å². The fraction of sp³-hybridized carbons (Fsp3) is 0.111. The van der Waals surface area contributed by atoms with E-state index >= 15 is 0 Å². The summed E-state index contributed by atoms with van der Waals surface area (Å²) in [5.41, 5.74) is 3.47. The standard InChI is InChI=1S/C27H20FNO4/c28-23-14-21(26-22(15-23)17-32-27(33-26)20-6-2-1-3-7-20)16-31-24(30)12-11-19-9-4-8-18-10-5-13-29-25(18)19/h1-15,27H,16-17H2/b12-11-/t27-/m0/s1. The summed E-state index contributed by atoms with van der Waals surface area (Å²) in [5.74, 6) is -0.512. The first-order valence-corrected chi connectivity index (χ1v) is 10.5. The van der Waals surface area contributed by atoms with Gasteiger partial charge in [0.25, 0.3) is 0 Å². The van der Waals surface area contributed by atoms with E-state index in [1.54, 1.807) is 12.3 Å². The van der Waals surface area contributed by atoms with E-state index in [1.165, 1.54) is 18.2 Å². The van der Waals surface area contributed by atoms with Crippen LogP contribution in [0.5, 0.6) is 5.75 Å². The number of pyridine rings is 1. The number of fused-ring (bicyclic) bond motifs is 2. The third-order valence-electron chi connectivity index (χ3n) is 5.33. The lowest BCUT2D eigenvalue weighted by atomic mass is 10.1. The van der Waals surface area contributed by atoms with Crippen molar-refractivity contribution in [3.8, 4) is 5.75 Å². The number of rotatable bonds is 5. The Morgan fingerprint density at radius 3 is 2.82 bits per heavy atom. The number of nitrogens with zero attached hydrogens (tertiary/aromatic N) is 1. The fourth-order valence-corrected chi connectivity index (χ4v) is 3.78. The van der Waals surface area contributed by atoms with Gasteiger partial charge < -0.3 is 14.2 Å². The van der Waals surface area contributed by atoms with E-state index < -0.39 is 18.1 Å². The molecule has 5 nitrogen and oxygen atoms in total. The molecule has 0 saturated carbocycles. The molecule has 0 radical (unpaired) electrons. The quantitative estimate of drug-likeness (QED) is 0.292. The molecule has 1 atom stereocenters. The van der Waals surface area contributed by atoms with Gasteiger partial charge in [-0.3, -0.25) is 4.98 Å². The number of hydrogen-bond donors (Lipinski definition) is 0. The van der Waals surface area contributed by atoms with Crippen molar-refractivity contribution in [2.75, 3.05) is 0 Å². The Kier molecular flexibility index (Phi) is 5.83. The Labute approximate surface area is 190 Å². The molecule has 0 unspecified atom stereocenters. The minimum atomic E-state index is -0.614. The lowest BCUT2D eigenvalue weighted by Crippen LogP contribution is -2.19. The van der Waals surface area contributed by atoms with Crippen molar-refractivity contribution >= 4 is 22.9 Å². The summed E-state index contributed by atoms with van der Waals surface area (Å²) in [6.07, 6.45) is 4.09. The van der Waals surface area contributed by atoms with Gasteiger partial charge in [-0.15, -0.1) is 0 Å². The smallest absolute Gasteiger partial charge is 0.331 e. The topological polar surface area (TPSA) is 57.7 Å². The van der Waals surface area contributed by atoms with E-state index in [2.05, 4.69) is 4.98 Å². The minimum absolute atomic E-state index is 0.126. The number of carbonyl (C=O) groups excluding carboxylic acids is 1. The molecule has 0 aliphatic carbocycles.